The summed E-state index contributed by atoms with van der Waals surface area (Å²) in [5.74, 6) is 0.0431. The third kappa shape index (κ3) is 4.91. The molecule has 0 aliphatic carbocycles. The second kappa shape index (κ2) is 8.24. The van der Waals surface area contributed by atoms with Gasteiger partial charge in [0.1, 0.15) is 0 Å². The molecule has 0 fully saturated rings. The smallest absolute Gasteiger partial charge is 0.387 e. The van der Waals surface area contributed by atoms with Crippen LogP contribution < -0.4 is 9.47 Å². The van der Waals surface area contributed by atoms with Crippen molar-refractivity contribution in [2.24, 2.45) is 0 Å². The normalized spacial score (nSPS) is 11.0. The Bertz CT molecular complexity index is 739. The van der Waals surface area contributed by atoms with E-state index in [2.05, 4.69) is 4.74 Å². The Labute approximate surface area is 139 Å². The number of allylic oxidation sites excluding steroid dienone is 1. The van der Waals surface area contributed by atoms with Gasteiger partial charge in [0, 0.05) is 5.56 Å². The molecule has 0 aromatic heterocycles. The molecule has 5 heteroatoms. The average Bonchev–Trinajstić information content (AvgIpc) is 2.54. The number of benzene rings is 2. The Morgan fingerprint density at radius 1 is 1.17 bits per heavy atom. The van der Waals surface area contributed by atoms with Crippen LogP contribution in [0.5, 0.6) is 11.5 Å². The Morgan fingerprint density at radius 3 is 2.62 bits per heavy atom. The van der Waals surface area contributed by atoms with E-state index >= 15 is 0 Å². The van der Waals surface area contributed by atoms with Gasteiger partial charge in [0.25, 0.3) is 0 Å². The zero-order valence-electron chi connectivity index (χ0n) is 13.5. The number of ketones is 1. The molecule has 0 amide bonds. The van der Waals surface area contributed by atoms with Gasteiger partial charge in [0.2, 0.25) is 0 Å². The third-order valence-corrected chi connectivity index (χ3v) is 3.21. The summed E-state index contributed by atoms with van der Waals surface area (Å²) >= 11 is 0. The van der Waals surface area contributed by atoms with Gasteiger partial charge in [-0.3, -0.25) is 4.79 Å². The highest BCUT2D eigenvalue weighted by molar-refractivity contribution is 6.06. The number of hydrogen-bond acceptors (Lipinski definition) is 3. The Hall–Kier alpha value is -2.69. The van der Waals surface area contributed by atoms with Crippen LogP contribution in [0.4, 0.5) is 8.78 Å². The molecule has 126 valence electrons. The van der Waals surface area contributed by atoms with Gasteiger partial charge in [0.05, 0.1) is 6.61 Å². The minimum Gasteiger partial charge on any atom is -0.490 e. The molecule has 0 bridgehead atoms. The molecule has 24 heavy (non-hydrogen) atoms. The number of alkyl halides is 2. The van der Waals surface area contributed by atoms with Crippen LogP contribution in [-0.4, -0.2) is 19.0 Å². The van der Waals surface area contributed by atoms with Gasteiger partial charge in [-0.1, -0.05) is 35.9 Å². The largest absolute Gasteiger partial charge is 0.490 e. The van der Waals surface area contributed by atoms with E-state index in [1.54, 1.807) is 37.3 Å². The topological polar surface area (TPSA) is 35.5 Å². The zero-order valence-corrected chi connectivity index (χ0v) is 13.5. The number of carbonyl (C=O) groups excluding carboxylic acids is 1. The highest BCUT2D eigenvalue weighted by Gasteiger charge is 2.11. The van der Waals surface area contributed by atoms with Crippen molar-refractivity contribution >= 4 is 11.9 Å². The van der Waals surface area contributed by atoms with Gasteiger partial charge >= 0.3 is 6.61 Å². The molecule has 2 aromatic carbocycles. The maximum atomic E-state index is 12.4. The lowest BCUT2D eigenvalue weighted by atomic mass is 10.1. The summed E-state index contributed by atoms with van der Waals surface area (Å²) < 4.78 is 34.5. The summed E-state index contributed by atoms with van der Waals surface area (Å²) in [4.78, 5) is 12.2. The molecule has 0 saturated carbocycles. The maximum absolute atomic E-state index is 12.4. The van der Waals surface area contributed by atoms with Crippen LogP contribution in [0.2, 0.25) is 0 Å². The predicted molar refractivity (Wildman–Crippen MR) is 88.8 cm³/mol. The zero-order chi connectivity index (χ0) is 17.5. The van der Waals surface area contributed by atoms with E-state index in [1.165, 1.54) is 12.1 Å². The van der Waals surface area contributed by atoms with E-state index in [0.717, 1.165) is 5.56 Å². The predicted octanol–water partition coefficient (Wildman–Crippen LogP) is 4.89. The lowest BCUT2D eigenvalue weighted by Gasteiger charge is -2.11. The van der Waals surface area contributed by atoms with Gasteiger partial charge in [-0.2, -0.15) is 8.78 Å². The van der Waals surface area contributed by atoms with E-state index in [-0.39, 0.29) is 17.3 Å². The van der Waals surface area contributed by atoms with Crippen molar-refractivity contribution in [3.05, 3.63) is 65.2 Å². The van der Waals surface area contributed by atoms with Gasteiger partial charge < -0.3 is 9.47 Å². The number of rotatable bonds is 7. The summed E-state index contributed by atoms with van der Waals surface area (Å²) in [6.45, 7) is 1.05. The lowest BCUT2D eigenvalue weighted by molar-refractivity contribution is -0.0514. The highest BCUT2D eigenvalue weighted by Crippen LogP contribution is 2.30. The number of halogens is 2. The van der Waals surface area contributed by atoms with Crippen LogP contribution in [0.3, 0.4) is 0 Å². The molecule has 0 saturated heterocycles. The minimum atomic E-state index is -2.92. The summed E-state index contributed by atoms with van der Waals surface area (Å²) in [6, 6.07) is 11.8. The lowest BCUT2D eigenvalue weighted by Crippen LogP contribution is -2.04. The second-order valence-electron chi connectivity index (χ2n) is 5.08. The molecule has 0 radical (unpaired) electrons. The molecule has 0 aliphatic heterocycles. The van der Waals surface area contributed by atoms with E-state index in [1.807, 2.05) is 19.1 Å². The maximum Gasteiger partial charge on any atom is 0.387 e. The molecule has 0 heterocycles. The third-order valence-electron chi connectivity index (χ3n) is 3.21. The average molecular weight is 332 g/mol. The summed E-state index contributed by atoms with van der Waals surface area (Å²) in [6.07, 6.45) is 3.05. The number of ether oxygens (including phenoxy) is 2. The van der Waals surface area contributed by atoms with Crippen molar-refractivity contribution in [3.63, 3.8) is 0 Å². The van der Waals surface area contributed by atoms with E-state index in [0.29, 0.717) is 17.7 Å². The molecular weight excluding hydrogens is 314 g/mol. The van der Waals surface area contributed by atoms with Gasteiger partial charge in [-0.05, 0) is 43.7 Å². The second-order valence-corrected chi connectivity index (χ2v) is 5.08. The summed E-state index contributed by atoms with van der Waals surface area (Å²) in [7, 11) is 0. The summed E-state index contributed by atoms with van der Waals surface area (Å²) in [5.41, 5.74) is 2.25. The van der Waals surface area contributed by atoms with Gasteiger partial charge in [-0.25, -0.2) is 0 Å². The van der Waals surface area contributed by atoms with Crippen LogP contribution in [0.25, 0.3) is 6.08 Å². The molecule has 0 spiro atoms. The minimum absolute atomic E-state index is 0.0333. The van der Waals surface area contributed by atoms with Crippen LogP contribution >= 0.6 is 0 Å². The van der Waals surface area contributed by atoms with Crippen molar-refractivity contribution in [1.29, 1.82) is 0 Å². The number of aryl methyl sites for hydroxylation is 1. The van der Waals surface area contributed by atoms with Crippen LogP contribution in [0.15, 0.2) is 48.5 Å². The van der Waals surface area contributed by atoms with Gasteiger partial charge in [0.15, 0.2) is 17.3 Å². The first-order chi connectivity index (χ1) is 11.5. The van der Waals surface area contributed by atoms with Crippen molar-refractivity contribution in [2.45, 2.75) is 20.5 Å². The monoisotopic (exact) mass is 332 g/mol. The Kier molecular flexibility index (Phi) is 6.07. The van der Waals surface area contributed by atoms with E-state index in [4.69, 9.17) is 4.74 Å². The van der Waals surface area contributed by atoms with Crippen molar-refractivity contribution in [2.75, 3.05) is 6.61 Å². The standard InChI is InChI=1S/C19H18F2O3/c1-3-23-18-12-14(8-10-17(18)24-19(20)21)7-9-16(22)15-6-4-5-13(2)11-15/h4-12,19H,3H2,1-2H3/b9-7+. The SMILES string of the molecule is CCOc1cc(/C=C/C(=O)c2cccc(C)c2)ccc1OC(F)F. The Balaban J connectivity index is 2.19. The molecular formula is C19H18F2O3. The molecule has 2 aromatic rings. The van der Waals surface area contributed by atoms with Crippen molar-refractivity contribution in [1.82, 2.24) is 0 Å². The molecule has 0 atom stereocenters. The molecule has 2 rings (SSSR count). The first-order valence-electron chi connectivity index (χ1n) is 7.50. The van der Waals surface area contributed by atoms with E-state index < -0.39 is 6.61 Å². The number of hydrogen-bond donors (Lipinski definition) is 0. The fourth-order valence-electron chi connectivity index (χ4n) is 2.16. The molecule has 0 N–H and O–H groups in total. The van der Waals surface area contributed by atoms with Crippen LogP contribution in [0, 0.1) is 6.92 Å². The van der Waals surface area contributed by atoms with Crippen LogP contribution in [-0.2, 0) is 0 Å². The highest BCUT2D eigenvalue weighted by atomic mass is 19.3. The van der Waals surface area contributed by atoms with Crippen molar-refractivity contribution in [3.8, 4) is 11.5 Å². The fraction of sp³-hybridized carbons (Fsp3) is 0.211. The molecule has 0 unspecified atom stereocenters. The molecule has 3 nitrogen and oxygen atoms in total. The van der Waals surface area contributed by atoms with Crippen LogP contribution in [0.1, 0.15) is 28.4 Å². The summed E-state index contributed by atoms with van der Waals surface area (Å²) in [5, 5.41) is 0. The first-order valence-corrected chi connectivity index (χ1v) is 7.50. The van der Waals surface area contributed by atoms with Gasteiger partial charge in [-0.15, -0.1) is 0 Å². The first kappa shape index (κ1) is 17.7. The van der Waals surface area contributed by atoms with Crippen molar-refractivity contribution < 1.29 is 23.0 Å². The van der Waals surface area contributed by atoms with E-state index in [9.17, 15) is 13.6 Å². The Morgan fingerprint density at radius 2 is 1.96 bits per heavy atom. The molecule has 0 aliphatic rings. The number of carbonyl (C=O) groups is 1. The quantitative estimate of drug-likeness (QED) is 0.535. The fourth-order valence-corrected chi connectivity index (χ4v) is 2.16.